The van der Waals surface area contributed by atoms with Gasteiger partial charge in [0.15, 0.2) is 0 Å². The quantitative estimate of drug-likeness (QED) is 0.534. The van der Waals surface area contributed by atoms with Crippen LogP contribution in [0.15, 0.2) is 28.7 Å². The highest BCUT2D eigenvalue weighted by Gasteiger charge is 1.98. The van der Waals surface area contributed by atoms with Gasteiger partial charge < -0.3 is 10.5 Å². The molecule has 0 aromatic carbocycles. The van der Waals surface area contributed by atoms with Crippen LogP contribution in [0.5, 0.6) is 0 Å². The van der Waals surface area contributed by atoms with Gasteiger partial charge in [0.1, 0.15) is 0 Å². The molecule has 0 rings (SSSR count). The van der Waals surface area contributed by atoms with Crippen LogP contribution in [0.1, 0.15) is 20.8 Å². The van der Waals surface area contributed by atoms with Gasteiger partial charge in [-0.3, -0.25) is 0 Å². The van der Waals surface area contributed by atoms with Crippen LogP contribution in [-0.2, 0) is 4.74 Å². The van der Waals surface area contributed by atoms with E-state index in [0.717, 1.165) is 5.57 Å². The van der Waals surface area contributed by atoms with Crippen molar-refractivity contribution in [3.8, 4) is 0 Å². The highest BCUT2D eigenvalue weighted by molar-refractivity contribution is 5.79. The van der Waals surface area contributed by atoms with Crippen LogP contribution < -0.4 is 5.73 Å². The van der Waals surface area contributed by atoms with Gasteiger partial charge in [-0.2, -0.15) is 0 Å². The zero-order valence-corrected chi connectivity index (χ0v) is 8.74. The van der Waals surface area contributed by atoms with E-state index in [2.05, 4.69) is 18.8 Å². The number of hydrogen-bond donors (Lipinski definition) is 1. The molecule has 2 N–H and O–H groups in total. The molecule has 0 fully saturated rings. The first kappa shape index (κ1) is 11.8. The number of hydrogen-bond acceptors (Lipinski definition) is 3. The van der Waals surface area contributed by atoms with E-state index >= 15 is 0 Å². The third-order valence-electron chi connectivity index (χ3n) is 1.66. The van der Waals surface area contributed by atoms with E-state index in [1.54, 1.807) is 25.6 Å². The monoisotopic (exact) mass is 182 g/mol. The van der Waals surface area contributed by atoms with Crippen molar-refractivity contribution >= 4 is 6.21 Å². The summed E-state index contributed by atoms with van der Waals surface area (Å²) >= 11 is 0. The van der Waals surface area contributed by atoms with Gasteiger partial charge in [0, 0.05) is 6.21 Å². The van der Waals surface area contributed by atoms with Crippen molar-refractivity contribution in [2.24, 2.45) is 16.6 Å². The van der Waals surface area contributed by atoms with Crippen molar-refractivity contribution in [2.75, 3.05) is 7.11 Å². The van der Waals surface area contributed by atoms with E-state index in [4.69, 9.17) is 10.5 Å². The Morgan fingerprint density at radius 2 is 2.08 bits per heavy atom. The molecule has 3 nitrogen and oxygen atoms in total. The lowest BCUT2D eigenvalue weighted by molar-refractivity contribution is 0.288. The summed E-state index contributed by atoms with van der Waals surface area (Å²) in [5.41, 5.74) is 6.43. The van der Waals surface area contributed by atoms with Crippen molar-refractivity contribution in [2.45, 2.75) is 20.8 Å². The molecule has 0 aromatic heterocycles. The molecule has 0 spiro atoms. The van der Waals surface area contributed by atoms with Crippen LogP contribution in [0.4, 0.5) is 0 Å². The minimum absolute atomic E-state index is 0.378. The van der Waals surface area contributed by atoms with Gasteiger partial charge in [0.25, 0.3) is 0 Å². The second kappa shape index (κ2) is 6.29. The van der Waals surface area contributed by atoms with Crippen LogP contribution in [0, 0.1) is 5.92 Å². The highest BCUT2D eigenvalue weighted by atomic mass is 16.5. The second-order valence-electron chi connectivity index (χ2n) is 2.91. The van der Waals surface area contributed by atoms with Crippen molar-refractivity contribution in [3.63, 3.8) is 0 Å². The normalized spacial score (nSPS) is 14.2. The fraction of sp³-hybridized carbons (Fsp3) is 0.500. The van der Waals surface area contributed by atoms with Crippen LogP contribution in [0.2, 0.25) is 0 Å². The number of methoxy groups -OCH3 is 1. The topological polar surface area (TPSA) is 47.6 Å². The zero-order valence-electron chi connectivity index (χ0n) is 8.74. The van der Waals surface area contributed by atoms with E-state index in [9.17, 15) is 0 Å². The van der Waals surface area contributed by atoms with Gasteiger partial charge in [-0.25, -0.2) is 4.99 Å². The molecule has 74 valence electrons. The maximum Gasteiger partial charge on any atom is 0.208 e. The largest absolute Gasteiger partial charge is 0.481 e. The van der Waals surface area contributed by atoms with E-state index in [-0.39, 0.29) is 0 Å². The van der Waals surface area contributed by atoms with Gasteiger partial charge in [0.05, 0.1) is 7.11 Å². The summed E-state index contributed by atoms with van der Waals surface area (Å²) in [5, 5.41) is 0. The third-order valence-corrected chi connectivity index (χ3v) is 1.66. The Hall–Kier alpha value is -1.25. The molecule has 13 heavy (non-hydrogen) atoms. The summed E-state index contributed by atoms with van der Waals surface area (Å²) < 4.78 is 4.97. The molecular formula is C10H18N2O. The smallest absolute Gasteiger partial charge is 0.208 e. The summed E-state index contributed by atoms with van der Waals surface area (Å²) in [4.78, 5) is 4.12. The molecule has 0 saturated carbocycles. The predicted molar refractivity (Wildman–Crippen MR) is 56.4 cm³/mol. The maximum atomic E-state index is 5.43. The molecular weight excluding hydrogens is 164 g/mol. The van der Waals surface area contributed by atoms with Crippen molar-refractivity contribution < 1.29 is 4.74 Å². The van der Waals surface area contributed by atoms with Crippen molar-refractivity contribution in [1.82, 2.24) is 0 Å². The first-order valence-electron chi connectivity index (χ1n) is 4.31. The Balaban J connectivity index is 4.40. The SMILES string of the molecule is C\C=C(/N=C\C(=C/N)C(C)C)OC. The number of aliphatic imine (C=N–C) groups is 1. The lowest BCUT2D eigenvalue weighted by atomic mass is 10.1. The number of nitrogens with zero attached hydrogens (tertiary/aromatic N) is 1. The average molecular weight is 182 g/mol. The first-order chi connectivity index (χ1) is 6.15. The molecule has 0 heterocycles. The summed E-state index contributed by atoms with van der Waals surface area (Å²) in [6.45, 7) is 6.00. The zero-order chi connectivity index (χ0) is 10.3. The maximum absolute atomic E-state index is 5.43. The first-order valence-corrected chi connectivity index (χ1v) is 4.31. The Morgan fingerprint density at radius 3 is 2.38 bits per heavy atom. The number of rotatable bonds is 4. The lowest BCUT2D eigenvalue weighted by Gasteiger charge is -2.04. The minimum atomic E-state index is 0.378. The second-order valence-corrected chi connectivity index (χ2v) is 2.91. The molecule has 0 saturated heterocycles. The van der Waals surface area contributed by atoms with Crippen LogP contribution in [0.3, 0.4) is 0 Å². The average Bonchev–Trinajstić information content (AvgIpc) is 2.12. The Bertz CT molecular complexity index is 227. The van der Waals surface area contributed by atoms with Gasteiger partial charge in [0.2, 0.25) is 5.88 Å². The number of nitrogens with two attached hydrogens (primary N) is 1. The van der Waals surface area contributed by atoms with Gasteiger partial charge in [-0.1, -0.05) is 13.8 Å². The Labute approximate surface area is 80.0 Å². The molecule has 0 aliphatic carbocycles. The van der Waals surface area contributed by atoms with Gasteiger partial charge in [-0.05, 0) is 30.7 Å². The Kier molecular flexibility index (Phi) is 5.68. The molecule has 0 atom stereocenters. The highest BCUT2D eigenvalue weighted by Crippen LogP contribution is 2.06. The molecule has 0 aromatic rings. The summed E-state index contributed by atoms with van der Waals surface area (Å²) in [6, 6.07) is 0. The van der Waals surface area contributed by atoms with Crippen molar-refractivity contribution in [1.29, 1.82) is 0 Å². The Morgan fingerprint density at radius 1 is 1.46 bits per heavy atom. The van der Waals surface area contributed by atoms with Crippen LogP contribution in [0.25, 0.3) is 0 Å². The van der Waals surface area contributed by atoms with Crippen LogP contribution in [-0.4, -0.2) is 13.3 Å². The van der Waals surface area contributed by atoms with E-state index in [1.165, 1.54) is 0 Å². The lowest BCUT2D eigenvalue weighted by Crippen LogP contribution is -1.99. The van der Waals surface area contributed by atoms with Crippen molar-refractivity contribution in [3.05, 3.63) is 23.7 Å². The fourth-order valence-electron chi connectivity index (χ4n) is 0.768. The van der Waals surface area contributed by atoms with Crippen LogP contribution >= 0.6 is 0 Å². The minimum Gasteiger partial charge on any atom is -0.481 e. The van der Waals surface area contributed by atoms with E-state index < -0.39 is 0 Å². The number of ether oxygens (including phenoxy) is 1. The predicted octanol–water partition coefficient (Wildman–Crippen LogP) is 2.06. The van der Waals surface area contributed by atoms with Gasteiger partial charge >= 0.3 is 0 Å². The number of allylic oxidation sites excluding steroid dienone is 2. The van der Waals surface area contributed by atoms with E-state index in [1.807, 2.05) is 6.92 Å². The molecule has 0 amide bonds. The summed E-state index contributed by atoms with van der Waals surface area (Å²) in [6.07, 6.45) is 5.09. The molecule has 0 bridgehead atoms. The van der Waals surface area contributed by atoms with E-state index in [0.29, 0.717) is 11.8 Å². The third kappa shape index (κ3) is 4.35. The summed E-state index contributed by atoms with van der Waals surface area (Å²) in [5.74, 6) is 0.976. The fourth-order valence-corrected chi connectivity index (χ4v) is 0.768. The molecule has 0 aliphatic heterocycles. The van der Waals surface area contributed by atoms with Gasteiger partial charge in [-0.15, -0.1) is 0 Å². The molecule has 0 radical (unpaired) electrons. The standard InChI is InChI=1S/C10H18N2O/c1-5-10(13-4)12-7-9(6-11)8(2)3/h5-8H,11H2,1-4H3/b9-6+,10-5+,12-7-. The summed E-state index contributed by atoms with van der Waals surface area (Å²) in [7, 11) is 1.59. The molecule has 0 unspecified atom stereocenters. The molecule has 0 aliphatic rings. The molecule has 3 heteroatoms.